The van der Waals surface area contributed by atoms with Crippen molar-refractivity contribution in [1.82, 2.24) is 24.0 Å². The largest absolute Gasteiger partial charge is 0.340 e. The summed E-state index contributed by atoms with van der Waals surface area (Å²) in [5.41, 5.74) is 2.32. The first-order valence-corrected chi connectivity index (χ1v) is 10.7. The van der Waals surface area contributed by atoms with E-state index in [1.54, 1.807) is 7.05 Å². The summed E-state index contributed by atoms with van der Waals surface area (Å²) in [5.74, 6) is 0.758. The fraction of sp³-hybridized carbons (Fsp3) is 0.500. The molecule has 3 aromatic rings. The summed E-state index contributed by atoms with van der Waals surface area (Å²) in [6, 6.07) is 8.26. The molecule has 3 heterocycles. The van der Waals surface area contributed by atoms with Crippen molar-refractivity contribution >= 4 is 17.1 Å². The minimum absolute atomic E-state index is 0.388. The first-order valence-electron chi connectivity index (χ1n) is 10.7. The molecular formula is C22H30N6O2. The van der Waals surface area contributed by atoms with E-state index >= 15 is 0 Å². The number of aryl methyl sites for hydroxylation is 2. The minimum Gasteiger partial charge on any atom is -0.340 e. The molecule has 0 radical (unpaired) electrons. The lowest BCUT2D eigenvalue weighted by atomic mass is 10.1. The maximum atomic E-state index is 12.7. The first kappa shape index (κ1) is 20.4. The van der Waals surface area contributed by atoms with Gasteiger partial charge in [-0.3, -0.25) is 23.8 Å². The second-order valence-corrected chi connectivity index (χ2v) is 8.16. The SMILES string of the molecule is CCCCN1CCN(c2nc3c(c(=O)[nH]c(=O)n3C)n2Cc2cccc(C)c2)CC1. The normalized spacial score (nSPS) is 15.2. The molecule has 0 unspecified atom stereocenters. The van der Waals surface area contributed by atoms with Gasteiger partial charge in [-0.1, -0.05) is 43.2 Å². The van der Waals surface area contributed by atoms with Crippen LogP contribution < -0.4 is 16.1 Å². The van der Waals surface area contributed by atoms with Crippen LogP contribution in [0.2, 0.25) is 0 Å². The van der Waals surface area contributed by atoms with Crippen LogP contribution in [0, 0.1) is 6.92 Å². The molecule has 0 aliphatic carbocycles. The lowest BCUT2D eigenvalue weighted by molar-refractivity contribution is 0.252. The van der Waals surface area contributed by atoms with Crippen LogP contribution in [0.25, 0.3) is 11.2 Å². The number of anilines is 1. The summed E-state index contributed by atoms with van der Waals surface area (Å²) in [7, 11) is 1.65. The predicted molar refractivity (Wildman–Crippen MR) is 119 cm³/mol. The van der Waals surface area contributed by atoms with E-state index in [0.29, 0.717) is 17.7 Å². The molecule has 8 nitrogen and oxygen atoms in total. The molecule has 4 rings (SSSR count). The third kappa shape index (κ3) is 3.92. The summed E-state index contributed by atoms with van der Waals surface area (Å²) < 4.78 is 3.38. The zero-order valence-corrected chi connectivity index (χ0v) is 18.0. The van der Waals surface area contributed by atoms with Gasteiger partial charge < -0.3 is 4.90 Å². The quantitative estimate of drug-likeness (QED) is 0.669. The molecule has 1 aliphatic rings. The van der Waals surface area contributed by atoms with Gasteiger partial charge in [-0.05, 0) is 25.5 Å². The molecule has 1 aromatic carbocycles. The number of unbranched alkanes of at least 4 members (excludes halogenated alkanes) is 1. The number of benzene rings is 1. The topological polar surface area (TPSA) is 79.2 Å². The van der Waals surface area contributed by atoms with Crippen molar-refractivity contribution in [2.24, 2.45) is 7.05 Å². The Morgan fingerprint density at radius 3 is 2.60 bits per heavy atom. The maximum Gasteiger partial charge on any atom is 0.329 e. The van der Waals surface area contributed by atoms with Crippen molar-refractivity contribution in [3.8, 4) is 0 Å². The second kappa shape index (κ2) is 8.47. The number of aromatic amines is 1. The molecule has 0 bridgehead atoms. The number of H-pyrrole nitrogens is 1. The van der Waals surface area contributed by atoms with Crippen molar-refractivity contribution in [2.75, 3.05) is 37.6 Å². The number of nitrogens with one attached hydrogen (secondary N) is 1. The average molecular weight is 411 g/mol. The third-order valence-corrected chi connectivity index (χ3v) is 5.89. The zero-order chi connectivity index (χ0) is 21.3. The van der Waals surface area contributed by atoms with Crippen LogP contribution in [0.1, 0.15) is 30.9 Å². The summed E-state index contributed by atoms with van der Waals surface area (Å²) >= 11 is 0. The van der Waals surface area contributed by atoms with Crippen LogP contribution in [-0.2, 0) is 13.6 Å². The number of rotatable bonds is 6. The Kier molecular flexibility index (Phi) is 5.76. The second-order valence-electron chi connectivity index (χ2n) is 8.16. The van der Waals surface area contributed by atoms with E-state index in [9.17, 15) is 9.59 Å². The standard InChI is InChI=1S/C22H30N6O2/c1-4-5-9-26-10-12-27(13-11-26)21-23-19-18(20(29)24-22(30)25(19)3)28(21)15-17-8-6-7-16(2)14-17/h6-8,14H,4-5,9-13,15H2,1-3H3,(H,24,29,30). The van der Waals surface area contributed by atoms with Gasteiger partial charge in [0.2, 0.25) is 5.95 Å². The Morgan fingerprint density at radius 2 is 1.90 bits per heavy atom. The molecule has 160 valence electrons. The van der Waals surface area contributed by atoms with Crippen LogP contribution in [0.5, 0.6) is 0 Å². The maximum absolute atomic E-state index is 12.7. The Morgan fingerprint density at radius 1 is 1.13 bits per heavy atom. The highest BCUT2D eigenvalue weighted by Gasteiger charge is 2.24. The van der Waals surface area contributed by atoms with Crippen molar-refractivity contribution in [3.63, 3.8) is 0 Å². The zero-order valence-electron chi connectivity index (χ0n) is 18.0. The third-order valence-electron chi connectivity index (χ3n) is 5.89. The number of hydrogen-bond donors (Lipinski definition) is 1. The Balaban J connectivity index is 1.75. The molecule has 2 aromatic heterocycles. The van der Waals surface area contributed by atoms with Gasteiger partial charge in [0.25, 0.3) is 5.56 Å². The number of imidazole rings is 1. The molecule has 1 aliphatic heterocycles. The van der Waals surface area contributed by atoms with E-state index in [1.165, 1.54) is 23.0 Å². The summed E-state index contributed by atoms with van der Waals surface area (Å²) in [5, 5.41) is 0. The molecule has 8 heteroatoms. The highest BCUT2D eigenvalue weighted by Crippen LogP contribution is 2.23. The smallest absolute Gasteiger partial charge is 0.329 e. The highest BCUT2D eigenvalue weighted by molar-refractivity contribution is 5.74. The van der Waals surface area contributed by atoms with E-state index in [1.807, 2.05) is 10.6 Å². The molecule has 0 spiro atoms. The van der Waals surface area contributed by atoms with Crippen molar-refractivity contribution in [1.29, 1.82) is 0 Å². The summed E-state index contributed by atoms with van der Waals surface area (Å²) in [6.07, 6.45) is 2.41. The van der Waals surface area contributed by atoms with Gasteiger partial charge in [0, 0.05) is 33.2 Å². The monoisotopic (exact) mass is 410 g/mol. The van der Waals surface area contributed by atoms with Crippen LogP contribution >= 0.6 is 0 Å². The van der Waals surface area contributed by atoms with Gasteiger partial charge in [-0.25, -0.2) is 4.79 Å². The van der Waals surface area contributed by atoms with Crippen molar-refractivity contribution in [3.05, 3.63) is 56.2 Å². The van der Waals surface area contributed by atoms with Gasteiger partial charge in [0.15, 0.2) is 11.2 Å². The highest BCUT2D eigenvalue weighted by atomic mass is 16.2. The van der Waals surface area contributed by atoms with E-state index in [-0.39, 0.29) is 5.56 Å². The van der Waals surface area contributed by atoms with Gasteiger partial charge >= 0.3 is 5.69 Å². The Hall–Kier alpha value is -2.87. The first-order chi connectivity index (χ1) is 14.5. The number of fused-ring (bicyclic) bond motifs is 1. The fourth-order valence-corrected chi connectivity index (χ4v) is 4.16. The lowest BCUT2D eigenvalue weighted by Gasteiger charge is -2.35. The van der Waals surface area contributed by atoms with Crippen LogP contribution in [-0.4, -0.2) is 56.7 Å². The number of piperazine rings is 1. The number of hydrogen-bond acceptors (Lipinski definition) is 5. The molecule has 1 N–H and O–H groups in total. The van der Waals surface area contributed by atoms with Crippen LogP contribution in [0.4, 0.5) is 5.95 Å². The fourth-order valence-electron chi connectivity index (χ4n) is 4.16. The van der Waals surface area contributed by atoms with Crippen LogP contribution in [0.3, 0.4) is 0 Å². The van der Waals surface area contributed by atoms with Gasteiger partial charge in [-0.15, -0.1) is 0 Å². The predicted octanol–water partition coefficient (Wildman–Crippen LogP) is 1.70. The molecular weight excluding hydrogens is 380 g/mol. The van der Waals surface area contributed by atoms with Gasteiger partial charge in [0.1, 0.15) is 0 Å². The number of nitrogens with zero attached hydrogens (tertiary/aromatic N) is 5. The summed E-state index contributed by atoms with van der Waals surface area (Å²) in [4.78, 5) is 36.8. The van der Waals surface area contributed by atoms with Gasteiger partial charge in [0.05, 0.1) is 6.54 Å². The van der Waals surface area contributed by atoms with E-state index in [4.69, 9.17) is 4.98 Å². The summed E-state index contributed by atoms with van der Waals surface area (Å²) in [6.45, 7) is 9.59. The Labute approximate surface area is 175 Å². The van der Waals surface area contributed by atoms with E-state index in [2.05, 4.69) is 46.8 Å². The molecule has 1 fully saturated rings. The average Bonchev–Trinajstić information content (AvgIpc) is 3.11. The van der Waals surface area contributed by atoms with Gasteiger partial charge in [-0.2, -0.15) is 4.98 Å². The van der Waals surface area contributed by atoms with E-state index < -0.39 is 5.69 Å². The van der Waals surface area contributed by atoms with Crippen molar-refractivity contribution in [2.45, 2.75) is 33.2 Å². The molecule has 0 amide bonds. The van der Waals surface area contributed by atoms with Crippen molar-refractivity contribution < 1.29 is 0 Å². The molecule has 0 atom stereocenters. The molecule has 1 saturated heterocycles. The molecule has 30 heavy (non-hydrogen) atoms. The van der Waals surface area contributed by atoms with E-state index in [0.717, 1.165) is 44.2 Å². The number of aromatic nitrogens is 4. The Bertz CT molecular complexity index is 1150. The molecule has 0 saturated carbocycles. The van der Waals surface area contributed by atoms with Crippen LogP contribution in [0.15, 0.2) is 33.9 Å². The lowest BCUT2D eigenvalue weighted by Crippen LogP contribution is -2.47. The minimum atomic E-state index is -0.441.